The zero-order valence-corrected chi connectivity index (χ0v) is 14.3. The number of para-hydroxylation sites is 1. The van der Waals surface area contributed by atoms with E-state index in [1.807, 2.05) is 30.3 Å². The molecule has 0 N–H and O–H groups in total. The standard InChI is InChI=1S/C16H12Br2O3/c1-20-14-5-3-2-4-11(14)6-9-16(19)21-15-8-7-12(17)10-13(15)18/h2-10H,1H3/b9-6+. The molecule has 0 fully saturated rings. The van der Waals surface area contributed by atoms with Crippen LogP contribution in [0.25, 0.3) is 6.08 Å². The van der Waals surface area contributed by atoms with E-state index in [9.17, 15) is 4.79 Å². The number of halogens is 2. The average molecular weight is 412 g/mol. The molecule has 0 saturated heterocycles. The van der Waals surface area contributed by atoms with Gasteiger partial charge in [-0.15, -0.1) is 0 Å². The molecule has 0 bridgehead atoms. The number of rotatable bonds is 4. The van der Waals surface area contributed by atoms with Crippen molar-refractivity contribution in [2.45, 2.75) is 0 Å². The third-order valence-electron chi connectivity index (χ3n) is 2.64. The Kier molecular flexibility index (Phi) is 5.59. The third-order valence-corrected chi connectivity index (χ3v) is 3.76. The summed E-state index contributed by atoms with van der Waals surface area (Å²) in [5, 5.41) is 0. The number of hydrogen-bond donors (Lipinski definition) is 0. The van der Waals surface area contributed by atoms with Crippen molar-refractivity contribution in [2.75, 3.05) is 7.11 Å². The molecule has 0 saturated carbocycles. The van der Waals surface area contributed by atoms with Crippen LogP contribution in [0.15, 0.2) is 57.5 Å². The highest BCUT2D eigenvalue weighted by molar-refractivity contribution is 9.11. The summed E-state index contributed by atoms with van der Waals surface area (Å²) < 4.78 is 12.1. The molecule has 3 nitrogen and oxygen atoms in total. The van der Waals surface area contributed by atoms with Crippen LogP contribution < -0.4 is 9.47 Å². The number of carbonyl (C=O) groups excluding carboxylic acids is 1. The summed E-state index contributed by atoms with van der Waals surface area (Å²) in [5.41, 5.74) is 0.812. The van der Waals surface area contributed by atoms with E-state index in [2.05, 4.69) is 31.9 Å². The van der Waals surface area contributed by atoms with Crippen LogP contribution in [-0.4, -0.2) is 13.1 Å². The van der Waals surface area contributed by atoms with Gasteiger partial charge in [0.15, 0.2) is 0 Å². The summed E-state index contributed by atoms with van der Waals surface area (Å²) in [5.74, 6) is 0.711. The zero-order valence-electron chi connectivity index (χ0n) is 11.2. The predicted octanol–water partition coefficient (Wildman–Crippen LogP) is 4.84. The third kappa shape index (κ3) is 4.44. The van der Waals surface area contributed by atoms with E-state index in [4.69, 9.17) is 9.47 Å². The first kappa shape index (κ1) is 15.8. The van der Waals surface area contributed by atoms with Crippen LogP contribution in [-0.2, 0) is 4.79 Å². The molecule has 21 heavy (non-hydrogen) atoms. The van der Waals surface area contributed by atoms with Crippen LogP contribution in [0.1, 0.15) is 5.56 Å². The van der Waals surface area contributed by atoms with E-state index in [0.29, 0.717) is 16.0 Å². The minimum Gasteiger partial charge on any atom is -0.496 e. The molecule has 0 radical (unpaired) electrons. The minimum atomic E-state index is -0.455. The molecule has 0 aromatic heterocycles. The summed E-state index contributed by atoms with van der Waals surface area (Å²) in [6, 6.07) is 12.8. The Morgan fingerprint density at radius 2 is 1.86 bits per heavy atom. The number of methoxy groups -OCH3 is 1. The molecule has 0 heterocycles. The van der Waals surface area contributed by atoms with E-state index in [0.717, 1.165) is 10.0 Å². The highest BCUT2D eigenvalue weighted by atomic mass is 79.9. The Hall–Kier alpha value is -1.59. The Balaban J connectivity index is 2.09. The molecule has 0 aliphatic heterocycles. The Morgan fingerprint density at radius 1 is 1.10 bits per heavy atom. The van der Waals surface area contributed by atoms with Gasteiger partial charge in [-0.25, -0.2) is 4.79 Å². The van der Waals surface area contributed by atoms with Crippen LogP contribution in [0.3, 0.4) is 0 Å². The maximum absolute atomic E-state index is 11.8. The van der Waals surface area contributed by atoms with Crippen molar-refractivity contribution in [3.63, 3.8) is 0 Å². The number of benzene rings is 2. The number of hydrogen-bond acceptors (Lipinski definition) is 3. The SMILES string of the molecule is COc1ccccc1/C=C/C(=O)Oc1ccc(Br)cc1Br. The maximum atomic E-state index is 11.8. The van der Waals surface area contributed by atoms with Crippen molar-refractivity contribution in [2.24, 2.45) is 0 Å². The van der Waals surface area contributed by atoms with Crippen molar-refractivity contribution in [1.82, 2.24) is 0 Å². The lowest BCUT2D eigenvalue weighted by Crippen LogP contribution is -2.04. The normalized spacial score (nSPS) is 10.6. The molecule has 0 aliphatic rings. The van der Waals surface area contributed by atoms with Gasteiger partial charge in [0, 0.05) is 16.1 Å². The van der Waals surface area contributed by atoms with Crippen LogP contribution >= 0.6 is 31.9 Å². The van der Waals surface area contributed by atoms with Crippen molar-refractivity contribution < 1.29 is 14.3 Å². The Bertz CT molecular complexity index is 681. The summed E-state index contributed by atoms with van der Waals surface area (Å²) in [6.07, 6.45) is 3.03. The Morgan fingerprint density at radius 3 is 2.57 bits per heavy atom. The van der Waals surface area contributed by atoms with Gasteiger partial charge in [0.05, 0.1) is 11.6 Å². The fourth-order valence-electron chi connectivity index (χ4n) is 1.66. The maximum Gasteiger partial charge on any atom is 0.336 e. The lowest BCUT2D eigenvalue weighted by atomic mass is 10.2. The quantitative estimate of drug-likeness (QED) is 0.410. The van der Waals surface area contributed by atoms with Gasteiger partial charge in [-0.2, -0.15) is 0 Å². The van der Waals surface area contributed by atoms with Gasteiger partial charge in [0.1, 0.15) is 11.5 Å². The fraction of sp³-hybridized carbons (Fsp3) is 0.0625. The molecule has 0 spiro atoms. The van der Waals surface area contributed by atoms with Gasteiger partial charge in [0.25, 0.3) is 0 Å². The summed E-state index contributed by atoms with van der Waals surface area (Å²) in [6.45, 7) is 0. The van der Waals surface area contributed by atoms with E-state index in [1.165, 1.54) is 6.08 Å². The highest BCUT2D eigenvalue weighted by Gasteiger charge is 2.06. The molecule has 0 unspecified atom stereocenters. The van der Waals surface area contributed by atoms with Crippen molar-refractivity contribution in [3.8, 4) is 11.5 Å². The molecule has 2 rings (SSSR count). The molecule has 108 valence electrons. The Labute approximate surface area is 139 Å². The molecule has 2 aromatic carbocycles. The van der Waals surface area contributed by atoms with Gasteiger partial charge in [0.2, 0.25) is 0 Å². The summed E-state index contributed by atoms with van der Waals surface area (Å²) in [7, 11) is 1.59. The molecule has 0 amide bonds. The molecular formula is C16H12Br2O3. The second-order valence-corrected chi connectivity index (χ2v) is 5.84. The number of esters is 1. The van der Waals surface area contributed by atoms with Crippen LogP contribution in [0.4, 0.5) is 0 Å². The molecule has 2 aromatic rings. The monoisotopic (exact) mass is 410 g/mol. The van der Waals surface area contributed by atoms with Gasteiger partial charge in [-0.1, -0.05) is 34.1 Å². The lowest BCUT2D eigenvalue weighted by molar-refractivity contribution is -0.128. The summed E-state index contributed by atoms with van der Waals surface area (Å²) in [4.78, 5) is 11.8. The van der Waals surface area contributed by atoms with Gasteiger partial charge in [-0.3, -0.25) is 0 Å². The second-order valence-electron chi connectivity index (χ2n) is 4.07. The largest absolute Gasteiger partial charge is 0.496 e. The van der Waals surface area contributed by atoms with E-state index < -0.39 is 5.97 Å². The van der Waals surface area contributed by atoms with Crippen molar-refractivity contribution in [3.05, 3.63) is 63.0 Å². The van der Waals surface area contributed by atoms with E-state index in [-0.39, 0.29) is 0 Å². The first-order valence-corrected chi connectivity index (χ1v) is 7.66. The van der Waals surface area contributed by atoms with Gasteiger partial charge < -0.3 is 9.47 Å². The topological polar surface area (TPSA) is 35.5 Å². The molecular weight excluding hydrogens is 400 g/mol. The van der Waals surface area contributed by atoms with Crippen LogP contribution in [0.5, 0.6) is 11.5 Å². The first-order chi connectivity index (χ1) is 10.1. The second kappa shape index (κ2) is 7.43. The fourth-order valence-corrected chi connectivity index (χ4v) is 2.79. The zero-order chi connectivity index (χ0) is 15.2. The van der Waals surface area contributed by atoms with Gasteiger partial charge in [-0.05, 0) is 46.3 Å². The smallest absolute Gasteiger partial charge is 0.336 e. The molecule has 0 aliphatic carbocycles. The van der Waals surface area contributed by atoms with Gasteiger partial charge >= 0.3 is 5.97 Å². The highest BCUT2D eigenvalue weighted by Crippen LogP contribution is 2.28. The first-order valence-electron chi connectivity index (χ1n) is 6.08. The minimum absolute atomic E-state index is 0.455. The van der Waals surface area contributed by atoms with Crippen LogP contribution in [0, 0.1) is 0 Å². The number of ether oxygens (including phenoxy) is 2. The predicted molar refractivity (Wildman–Crippen MR) is 89.5 cm³/mol. The van der Waals surface area contributed by atoms with Crippen molar-refractivity contribution >= 4 is 43.9 Å². The van der Waals surface area contributed by atoms with Crippen LogP contribution in [0.2, 0.25) is 0 Å². The molecule has 0 atom stereocenters. The lowest BCUT2D eigenvalue weighted by Gasteiger charge is -2.05. The average Bonchev–Trinajstić information content (AvgIpc) is 2.48. The van der Waals surface area contributed by atoms with Crippen molar-refractivity contribution in [1.29, 1.82) is 0 Å². The van der Waals surface area contributed by atoms with E-state index >= 15 is 0 Å². The summed E-state index contributed by atoms with van der Waals surface area (Å²) >= 11 is 6.68. The molecule has 5 heteroatoms. The van der Waals surface area contributed by atoms with E-state index in [1.54, 1.807) is 25.3 Å². The number of carbonyl (C=O) groups is 1.